The summed E-state index contributed by atoms with van der Waals surface area (Å²) in [5, 5.41) is 12.8. The number of hydrogen-bond acceptors (Lipinski definition) is 14. The third-order valence-corrected chi connectivity index (χ3v) is 3.89. The number of carbonyl (C=O) groups excluding carboxylic acids is 6. The molecule has 1 heterocycles. The zero-order valence-corrected chi connectivity index (χ0v) is 26.3. The minimum Gasteiger partial charge on any atom is -0.876 e. The second kappa shape index (κ2) is 26.9. The van der Waals surface area contributed by atoms with E-state index in [9.17, 15) is 33.9 Å². The molecule has 0 spiro atoms. The fraction of sp³-hybridized carbons (Fsp3) is 0.500. The van der Waals surface area contributed by atoms with E-state index >= 15 is 0 Å². The molecule has 1 aromatic heterocycles. The van der Waals surface area contributed by atoms with Gasteiger partial charge in [-0.15, -0.1) is 6.26 Å². The van der Waals surface area contributed by atoms with Crippen LogP contribution in [0.2, 0.25) is 0 Å². The summed E-state index contributed by atoms with van der Waals surface area (Å²) in [6.07, 6.45) is 2.57. The van der Waals surface area contributed by atoms with Crippen LogP contribution in [0.5, 0.6) is 0 Å². The fourth-order valence-electron chi connectivity index (χ4n) is 1.78. The Bertz CT molecular complexity index is 940. The maximum atomic E-state index is 11.1. The topological polar surface area (TPSA) is 225 Å². The Morgan fingerprint density at radius 3 is 1.93 bits per heavy atom. The summed E-state index contributed by atoms with van der Waals surface area (Å²) in [6, 6.07) is 0. The van der Waals surface area contributed by atoms with Gasteiger partial charge in [-0.3, -0.25) is 19.2 Å². The molecule has 2 amide bonds. The van der Waals surface area contributed by atoms with Crippen molar-refractivity contribution in [1.29, 1.82) is 0 Å². The van der Waals surface area contributed by atoms with Gasteiger partial charge in [0.05, 0.1) is 40.7 Å². The number of nitrogens with zero attached hydrogens (tertiary/aromatic N) is 4. The van der Waals surface area contributed by atoms with E-state index in [1.165, 1.54) is 44.0 Å². The number of aromatic nitrogens is 2. The monoisotopic (exact) mass is 584 g/mol. The Kier molecular flexibility index (Phi) is 29.2. The van der Waals surface area contributed by atoms with Crippen molar-refractivity contribution in [3.05, 3.63) is 23.8 Å². The van der Waals surface area contributed by atoms with E-state index in [1.54, 1.807) is 21.0 Å². The molecule has 1 rings (SSSR count). The minimum atomic E-state index is -0.824. The third kappa shape index (κ3) is 20.3. The molecule has 17 nitrogen and oxygen atoms in total. The van der Waals surface area contributed by atoms with E-state index in [2.05, 4.69) is 24.5 Å². The largest absolute Gasteiger partial charge is 1.00 e. The smallest absolute Gasteiger partial charge is 0.876 e. The van der Waals surface area contributed by atoms with E-state index in [1.807, 2.05) is 0 Å². The molecule has 0 aliphatic rings. The second-order valence-corrected chi connectivity index (χ2v) is 6.70. The van der Waals surface area contributed by atoms with Gasteiger partial charge in [-0.1, -0.05) is 0 Å². The van der Waals surface area contributed by atoms with Crippen LogP contribution in [0.25, 0.3) is 0 Å². The summed E-state index contributed by atoms with van der Waals surface area (Å²) in [5.74, 6) is -1.57. The number of esters is 4. The normalized spacial score (nSPS) is 9.15. The summed E-state index contributed by atoms with van der Waals surface area (Å²) in [4.78, 5) is 68.0. The number of likely N-dealkylation sites (N-methyl/N-ethyl adjacent to an activating group) is 3. The zero-order chi connectivity index (χ0) is 31.0. The van der Waals surface area contributed by atoms with Gasteiger partial charge in [0.2, 0.25) is 18.8 Å². The maximum Gasteiger partial charge on any atom is 1.00 e. The van der Waals surface area contributed by atoms with Crippen molar-refractivity contribution >= 4 is 42.6 Å². The SMILES string of the molecule is CCOC(=O)c1cnc(N)n1C.CNCC(=O)OC.COC(=O)/C(=C\[O-])N(C)C=O.COC(=O)CN(C)C=O.[Na+]. The molecule has 0 radical (unpaired) electrons. The predicted molar refractivity (Wildman–Crippen MR) is 134 cm³/mol. The van der Waals surface area contributed by atoms with Gasteiger partial charge < -0.3 is 49.5 Å². The number of nitrogen functional groups attached to an aromatic ring is 1. The van der Waals surface area contributed by atoms with Crippen LogP contribution in [0, 0.1) is 0 Å². The maximum absolute atomic E-state index is 11.1. The number of carbonyl (C=O) groups is 6. The molecule has 0 aliphatic heterocycles. The van der Waals surface area contributed by atoms with Gasteiger partial charge in [0.25, 0.3) is 0 Å². The fourth-order valence-corrected chi connectivity index (χ4v) is 1.78. The van der Waals surface area contributed by atoms with E-state index < -0.39 is 17.9 Å². The Morgan fingerprint density at radius 1 is 1.07 bits per heavy atom. The van der Waals surface area contributed by atoms with Gasteiger partial charge >= 0.3 is 53.4 Å². The van der Waals surface area contributed by atoms with Crippen LogP contribution in [-0.2, 0) is 50.0 Å². The molecule has 0 aromatic carbocycles. The quantitative estimate of drug-likeness (QED) is 0.0653. The number of nitrogens with two attached hydrogens (primary N) is 1. The molecule has 0 unspecified atom stereocenters. The summed E-state index contributed by atoms with van der Waals surface area (Å²) in [7, 11) is 9.91. The Balaban J connectivity index is -0.000000218. The average molecular weight is 585 g/mol. The summed E-state index contributed by atoms with van der Waals surface area (Å²) >= 11 is 0. The van der Waals surface area contributed by atoms with Crippen LogP contribution in [0.15, 0.2) is 18.2 Å². The van der Waals surface area contributed by atoms with Gasteiger partial charge in [0.1, 0.15) is 17.9 Å². The van der Waals surface area contributed by atoms with Crippen molar-refractivity contribution in [3.8, 4) is 0 Å². The number of amides is 2. The van der Waals surface area contributed by atoms with Crippen LogP contribution in [0.4, 0.5) is 5.95 Å². The second-order valence-electron chi connectivity index (χ2n) is 6.70. The number of anilines is 1. The number of methoxy groups -OCH3 is 3. The van der Waals surface area contributed by atoms with Gasteiger partial charge in [-0.25, -0.2) is 14.6 Å². The van der Waals surface area contributed by atoms with Crippen molar-refractivity contribution in [2.75, 3.05) is 67.9 Å². The molecule has 3 N–H and O–H groups in total. The molecule has 0 bridgehead atoms. The summed E-state index contributed by atoms with van der Waals surface area (Å²) in [6.45, 7) is 2.40. The van der Waals surface area contributed by atoms with Crippen molar-refractivity contribution in [3.63, 3.8) is 0 Å². The molecule has 0 aliphatic carbocycles. The van der Waals surface area contributed by atoms with E-state index in [4.69, 9.17) is 10.5 Å². The Morgan fingerprint density at radius 2 is 1.62 bits per heavy atom. The Labute approximate surface area is 254 Å². The van der Waals surface area contributed by atoms with Crippen LogP contribution >= 0.6 is 0 Å². The number of nitrogens with one attached hydrogen (secondary N) is 1. The van der Waals surface area contributed by atoms with E-state index in [0.29, 0.717) is 31.1 Å². The molecule has 18 heteroatoms. The Hall–Kier alpha value is -3.67. The first kappa shape index (κ1) is 43.4. The van der Waals surface area contributed by atoms with Crippen molar-refractivity contribution < 1.29 is 82.4 Å². The summed E-state index contributed by atoms with van der Waals surface area (Å²) < 4.78 is 19.0. The van der Waals surface area contributed by atoms with Gasteiger partial charge in [-0.2, -0.15) is 0 Å². The molecule has 0 atom stereocenters. The molecule has 0 fully saturated rings. The number of imidazole rings is 1. The number of hydrogen-bond donors (Lipinski definition) is 2. The molecular weight excluding hydrogens is 547 g/mol. The van der Waals surface area contributed by atoms with E-state index in [0.717, 1.165) is 12.0 Å². The van der Waals surface area contributed by atoms with Gasteiger partial charge in [0.15, 0.2) is 0 Å². The van der Waals surface area contributed by atoms with Crippen LogP contribution in [0.3, 0.4) is 0 Å². The van der Waals surface area contributed by atoms with Crippen molar-refractivity contribution in [1.82, 2.24) is 24.7 Å². The first-order chi connectivity index (χ1) is 18.3. The standard InChI is InChI=1S/C7H11N3O2.C6H9NO4.C5H9NO3.C4H9NO2.Na/c1-3-12-6(11)5-4-9-7(8)10(5)2;1-7(4-9)5(3-8)6(10)11-2;1-6(4-7)3-5(8)9-2;1-5-3-4(6)7-2;/h4H,3H2,1-2H3,(H2,8,9);3-4,8H,1-2H3;4H,3H2,1-2H3;5H,3H2,1-2H3;/q;;;;+1/p-1/b;5-3+;;;. The van der Waals surface area contributed by atoms with Crippen LogP contribution in [-0.4, -0.2) is 118 Å². The number of rotatable bonds is 10. The van der Waals surface area contributed by atoms with Gasteiger partial charge in [-0.05, 0) is 14.0 Å². The average Bonchev–Trinajstić information content (AvgIpc) is 3.27. The molecular formula is C22H37N6NaO11. The molecule has 222 valence electrons. The minimum absolute atomic E-state index is 0. The number of ether oxygens (including phenoxy) is 4. The molecule has 0 saturated heterocycles. The zero-order valence-electron chi connectivity index (χ0n) is 24.3. The van der Waals surface area contributed by atoms with Crippen molar-refractivity contribution in [2.24, 2.45) is 7.05 Å². The predicted octanol–water partition coefficient (Wildman–Crippen LogP) is -5.74. The first-order valence-electron chi connectivity index (χ1n) is 10.8. The molecule has 40 heavy (non-hydrogen) atoms. The van der Waals surface area contributed by atoms with Crippen LogP contribution in [0.1, 0.15) is 17.4 Å². The first-order valence-corrected chi connectivity index (χ1v) is 10.8. The van der Waals surface area contributed by atoms with E-state index in [-0.39, 0.29) is 60.6 Å². The molecule has 1 aromatic rings. The molecule has 0 saturated carbocycles. The van der Waals surface area contributed by atoms with Gasteiger partial charge in [0, 0.05) is 21.1 Å². The van der Waals surface area contributed by atoms with Crippen molar-refractivity contribution in [2.45, 2.75) is 6.92 Å². The summed E-state index contributed by atoms with van der Waals surface area (Å²) in [5.41, 5.74) is 5.47. The third-order valence-electron chi connectivity index (χ3n) is 3.89. The van der Waals surface area contributed by atoms with Crippen LogP contribution < -0.4 is 45.7 Å².